The predicted octanol–water partition coefficient (Wildman–Crippen LogP) is 2.44. The average Bonchev–Trinajstić information content (AvgIpc) is 3.34. The number of rotatable bonds is 2. The number of hydrogen-bond acceptors (Lipinski definition) is 3. The quantitative estimate of drug-likeness (QED) is 0.796. The monoisotopic (exact) mass is 383 g/mol. The third-order valence-electron chi connectivity index (χ3n) is 7.29. The van der Waals surface area contributed by atoms with Crippen molar-refractivity contribution in [2.45, 2.75) is 57.8 Å². The second-order valence-corrected chi connectivity index (χ2v) is 8.78. The maximum Gasteiger partial charge on any atom is 0.226 e. The molecule has 0 aromatic carbocycles. The highest BCUT2D eigenvalue weighted by Crippen LogP contribution is 2.39. The van der Waals surface area contributed by atoms with Crippen LogP contribution in [0.2, 0.25) is 0 Å². The molecule has 3 saturated heterocycles. The highest BCUT2D eigenvalue weighted by atomic mass is 35.5. The Balaban J connectivity index is 0.00000196. The van der Waals surface area contributed by atoms with E-state index in [1.165, 1.54) is 6.42 Å². The van der Waals surface area contributed by atoms with E-state index in [0.717, 1.165) is 90.6 Å². The number of halogens is 1. The van der Waals surface area contributed by atoms with Crippen LogP contribution in [-0.4, -0.2) is 60.9 Å². The molecule has 1 spiro atoms. The molecule has 1 saturated carbocycles. The van der Waals surface area contributed by atoms with Gasteiger partial charge >= 0.3 is 0 Å². The molecule has 0 aromatic rings. The first kappa shape index (κ1) is 19.9. The molecule has 1 N–H and O–H groups in total. The van der Waals surface area contributed by atoms with Crippen LogP contribution >= 0.6 is 12.4 Å². The van der Waals surface area contributed by atoms with Gasteiger partial charge in [0.2, 0.25) is 11.8 Å². The van der Waals surface area contributed by atoms with Crippen LogP contribution in [0.15, 0.2) is 0 Å². The van der Waals surface area contributed by atoms with Gasteiger partial charge in [-0.15, -0.1) is 12.4 Å². The van der Waals surface area contributed by atoms with Gasteiger partial charge in [0.15, 0.2) is 0 Å². The van der Waals surface area contributed by atoms with Crippen LogP contribution in [0.25, 0.3) is 0 Å². The molecule has 5 nitrogen and oxygen atoms in total. The fourth-order valence-corrected chi connectivity index (χ4v) is 5.55. The van der Waals surface area contributed by atoms with Gasteiger partial charge in [-0.05, 0) is 56.9 Å². The molecule has 2 unspecified atom stereocenters. The molecule has 6 heteroatoms. The van der Waals surface area contributed by atoms with E-state index >= 15 is 0 Å². The third-order valence-corrected chi connectivity index (χ3v) is 7.29. The van der Waals surface area contributed by atoms with Crippen molar-refractivity contribution in [1.82, 2.24) is 15.1 Å². The van der Waals surface area contributed by atoms with Crippen molar-refractivity contribution < 1.29 is 9.59 Å². The lowest BCUT2D eigenvalue weighted by molar-refractivity contribution is -0.149. The summed E-state index contributed by atoms with van der Waals surface area (Å²) in [4.78, 5) is 30.3. The van der Waals surface area contributed by atoms with Crippen molar-refractivity contribution in [2.75, 3.05) is 39.3 Å². The van der Waals surface area contributed by atoms with E-state index in [-0.39, 0.29) is 36.1 Å². The number of carbonyl (C=O) groups excluding carboxylic acids is 2. The lowest BCUT2D eigenvalue weighted by atomic mass is 9.75. The summed E-state index contributed by atoms with van der Waals surface area (Å²) in [5.74, 6) is 0.433. The van der Waals surface area contributed by atoms with Crippen molar-refractivity contribution in [3.8, 4) is 0 Å². The number of nitrogens with zero attached hydrogens (tertiary/aromatic N) is 2. The number of likely N-dealkylation sites (tertiary alicyclic amines) is 2. The SMILES string of the molecule is Cl.O=C(C1CCCCC1C(=O)N1CCC2(CCNC2)CC1)N1CCCC1. The van der Waals surface area contributed by atoms with Crippen LogP contribution in [0.3, 0.4) is 0 Å². The summed E-state index contributed by atoms with van der Waals surface area (Å²) in [6.45, 7) is 5.83. The van der Waals surface area contributed by atoms with Crippen molar-refractivity contribution in [1.29, 1.82) is 0 Å². The summed E-state index contributed by atoms with van der Waals surface area (Å²) in [5, 5.41) is 3.49. The van der Waals surface area contributed by atoms with Gasteiger partial charge in [-0.1, -0.05) is 12.8 Å². The van der Waals surface area contributed by atoms with Gasteiger partial charge in [0.25, 0.3) is 0 Å². The average molecular weight is 384 g/mol. The zero-order valence-electron chi connectivity index (χ0n) is 15.9. The van der Waals surface area contributed by atoms with Crippen LogP contribution in [-0.2, 0) is 9.59 Å². The highest BCUT2D eigenvalue weighted by molar-refractivity contribution is 5.88. The minimum Gasteiger partial charge on any atom is -0.342 e. The standard InChI is InChI=1S/C20H33N3O2.ClH/c24-18(22-11-3-4-12-22)16-5-1-2-6-17(16)19(25)23-13-8-20(9-14-23)7-10-21-15-20;/h16-17,21H,1-15H2;1H. The topological polar surface area (TPSA) is 52.7 Å². The van der Waals surface area contributed by atoms with E-state index < -0.39 is 0 Å². The number of carbonyl (C=O) groups is 2. The van der Waals surface area contributed by atoms with E-state index in [9.17, 15) is 9.59 Å². The lowest BCUT2D eigenvalue weighted by Gasteiger charge is -2.42. The van der Waals surface area contributed by atoms with E-state index in [0.29, 0.717) is 5.41 Å². The number of piperidine rings is 1. The summed E-state index contributed by atoms with van der Waals surface area (Å²) in [6.07, 6.45) is 9.78. The Kier molecular flexibility index (Phi) is 6.50. The van der Waals surface area contributed by atoms with Gasteiger partial charge < -0.3 is 15.1 Å². The molecule has 4 fully saturated rings. The Bertz CT molecular complexity index is 505. The van der Waals surface area contributed by atoms with Crippen LogP contribution in [0.4, 0.5) is 0 Å². The molecule has 4 rings (SSSR count). The zero-order chi connectivity index (χ0) is 17.3. The molecule has 148 valence electrons. The minimum absolute atomic E-state index is 0. The Labute approximate surface area is 163 Å². The van der Waals surface area contributed by atoms with Crippen LogP contribution in [0.5, 0.6) is 0 Å². The first-order valence-electron chi connectivity index (χ1n) is 10.5. The lowest BCUT2D eigenvalue weighted by Crippen LogP contribution is -2.50. The molecule has 26 heavy (non-hydrogen) atoms. The molecule has 0 aromatic heterocycles. The smallest absolute Gasteiger partial charge is 0.226 e. The summed E-state index contributed by atoms with van der Waals surface area (Å²) >= 11 is 0. The van der Waals surface area contributed by atoms with Crippen LogP contribution < -0.4 is 5.32 Å². The molecule has 1 aliphatic carbocycles. The Morgan fingerprint density at radius 1 is 0.769 bits per heavy atom. The molecular formula is C20H34ClN3O2. The largest absolute Gasteiger partial charge is 0.342 e. The Morgan fingerprint density at radius 2 is 1.31 bits per heavy atom. The maximum absolute atomic E-state index is 13.2. The van der Waals surface area contributed by atoms with Crippen molar-refractivity contribution in [3.05, 3.63) is 0 Å². The summed E-state index contributed by atoms with van der Waals surface area (Å²) in [6, 6.07) is 0. The van der Waals surface area contributed by atoms with Gasteiger partial charge in [0.1, 0.15) is 0 Å². The molecule has 0 bridgehead atoms. The first-order valence-corrected chi connectivity index (χ1v) is 10.5. The third kappa shape index (κ3) is 3.89. The Morgan fingerprint density at radius 3 is 1.81 bits per heavy atom. The van der Waals surface area contributed by atoms with E-state index in [4.69, 9.17) is 0 Å². The van der Waals surface area contributed by atoms with Gasteiger partial charge in [-0.3, -0.25) is 9.59 Å². The second kappa shape index (κ2) is 8.47. The molecule has 2 atom stereocenters. The first-order chi connectivity index (χ1) is 12.2. The Hall–Kier alpha value is -0.810. The number of nitrogens with one attached hydrogen (secondary N) is 1. The maximum atomic E-state index is 13.2. The minimum atomic E-state index is -0.0578. The summed E-state index contributed by atoms with van der Waals surface area (Å²) in [5.41, 5.74) is 0.439. The summed E-state index contributed by atoms with van der Waals surface area (Å²) < 4.78 is 0. The molecule has 3 heterocycles. The van der Waals surface area contributed by atoms with Gasteiger partial charge in [0, 0.05) is 44.6 Å². The normalized spacial score (nSPS) is 31.1. The van der Waals surface area contributed by atoms with Gasteiger partial charge in [-0.2, -0.15) is 0 Å². The van der Waals surface area contributed by atoms with E-state index in [1.54, 1.807) is 0 Å². The molecule has 4 aliphatic rings. The molecular weight excluding hydrogens is 350 g/mol. The molecule has 0 radical (unpaired) electrons. The van der Waals surface area contributed by atoms with Crippen molar-refractivity contribution >= 4 is 24.2 Å². The van der Waals surface area contributed by atoms with Gasteiger partial charge in [0.05, 0.1) is 0 Å². The van der Waals surface area contributed by atoms with E-state index in [1.807, 2.05) is 4.90 Å². The fraction of sp³-hybridized carbons (Fsp3) is 0.900. The highest BCUT2D eigenvalue weighted by Gasteiger charge is 2.43. The van der Waals surface area contributed by atoms with Crippen molar-refractivity contribution in [3.63, 3.8) is 0 Å². The van der Waals surface area contributed by atoms with Crippen molar-refractivity contribution in [2.24, 2.45) is 17.3 Å². The van der Waals surface area contributed by atoms with Gasteiger partial charge in [-0.25, -0.2) is 0 Å². The summed E-state index contributed by atoms with van der Waals surface area (Å²) in [7, 11) is 0. The molecule has 2 amide bonds. The van der Waals surface area contributed by atoms with Crippen LogP contribution in [0, 0.1) is 17.3 Å². The zero-order valence-corrected chi connectivity index (χ0v) is 16.7. The predicted molar refractivity (Wildman–Crippen MR) is 104 cm³/mol. The number of amides is 2. The molecule has 3 aliphatic heterocycles. The second-order valence-electron chi connectivity index (χ2n) is 8.78. The fourth-order valence-electron chi connectivity index (χ4n) is 5.55. The van der Waals surface area contributed by atoms with Crippen LogP contribution in [0.1, 0.15) is 57.8 Å². The number of hydrogen-bond donors (Lipinski definition) is 1. The van der Waals surface area contributed by atoms with E-state index in [2.05, 4.69) is 10.2 Å².